The number of pyridine rings is 1. The molecule has 1 aromatic carbocycles. The quantitative estimate of drug-likeness (QED) is 0.762. The van der Waals surface area contributed by atoms with Crippen molar-refractivity contribution < 1.29 is 13.9 Å². The molecule has 1 fully saturated rings. The highest BCUT2D eigenvalue weighted by molar-refractivity contribution is 5.93. The van der Waals surface area contributed by atoms with Crippen LogP contribution in [0, 0.1) is 11.2 Å². The molecule has 26 heavy (non-hydrogen) atoms. The molecule has 4 nitrogen and oxygen atoms in total. The van der Waals surface area contributed by atoms with Crippen molar-refractivity contribution in [1.82, 2.24) is 9.88 Å². The summed E-state index contributed by atoms with van der Waals surface area (Å²) < 4.78 is 18.6. The first-order chi connectivity index (χ1) is 12.4. The summed E-state index contributed by atoms with van der Waals surface area (Å²) >= 11 is 0. The molecule has 138 valence electrons. The fraction of sp³-hybridized carbons (Fsp3) is 0.429. The van der Waals surface area contributed by atoms with E-state index in [-0.39, 0.29) is 17.1 Å². The normalized spacial score (nSPS) is 20.6. The number of nitrogens with zero attached hydrogens (tertiary/aromatic N) is 2. The van der Waals surface area contributed by atoms with E-state index in [9.17, 15) is 9.18 Å². The van der Waals surface area contributed by atoms with Crippen LogP contribution in [-0.4, -0.2) is 36.1 Å². The maximum atomic E-state index is 13.6. The molecule has 1 aromatic heterocycles. The van der Waals surface area contributed by atoms with Crippen molar-refractivity contribution in [3.63, 3.8) is 0 Å². The van der Waals surface area contributed by atoms with E-state index in [2.05, 4.69) is 18.8 Å². The van der Waals surface area contributed by atoms with Crippen LogP contribution >= 0.6 is 0 Å². The number of amides is 1. The maximum Gasteiger partial charge on any atom is 0.234 e. The van der Waals surface area contributed by atoms with Gasteiger partial charge in [0.1, 0.15) is 5.82 Å². The Morgan fingerprint density at radius 3 is 2.35 bits per heavy atom. The number of methoxy groups -OCH3 is 1. The van der Waals surface area contributed by atoms with E-state index in [1.54, 1.807) is 31.6 Å². The molecule has 0 saturated heterocycles. The summed E-state index contributed by atoms with van der Waals surface area (Å²) in [5.74, 6) is -0.217. The third kappa shape index (κ3) is 3.36. The molecule has 0 N–H and O–H groups in total. The predicted molar refractivity (Wildman–Crippen MR) is 98.0 cm³/mol. The lowest BCUT2D eigenvalue weighted by Gasteiger charge is -2.30. The molecule has 1 aliphatic carbocycles. The van der Waals surface area contributed by atoms with Gasteiger partial charge in [0.15, 0.2) is 0 Å². The first-order valence-electron chi connectivity index (χ1n) is 8.84. The predicted octanol–water partition coefficient (Wildman–Crippen LogP) is 3.56. The molecule has 1 saturated carbocycles. The number of carbonyl (C=O) groups is 1. The van der Waals surface area contributed by atoms with Crippen molar-refractivity contribution >= 4 is 5.91 Å². The van der Waals surface area contributed by atoms with Crippen molar-refractivity contribution in [2.75, 3.05) is 20.3 Å². The van der Waals surface area contributed by atoms with Crippen LogP contribution in [0.5, 0.6) is 0 Å². The van der Waals surface area contributed by atoms with Crippen LogP contribution in [0.15, 0.2) is 48.8 Å². The van der Waals surface area contributed by atoms with Gasteiger partial charge in [-0.25, -0.2) is 4.39 Å². The minimum absolute atomic E-state index is 0.0722. The van der Waals surface area contributed by atoms with Crippen LogP contribution in [0.25, 0.3) is 0 Å². The van der Waals surface area contributed by atoms with Gasteiger partial charge in [-0.05, 0) is 47.2 Å². The van der Waals surface area contributed by atoms with Crippen LogP contribution in [0.1, 0.15) is 31.4 Å². The number of aromatic nitrogens is 1. The summed E-state index contributed by atoms with van der Waals surface area (Å²) in [7, 11) is 1.63. The molecule has 1 heterocycles. The zero-order chi connectivity index (χ0) is 18.8. The number of rotatable bonds is 7. The van der Waals surface area contributed by atoms with Gasteiger partial charge in [-0.1, -0.05) is 26.0 Å². The smallest absolute Gasteiger partial charge is 0.234 e. The minimum Gasteiger partial charge on any atom is -0.383 e. The highest BCUT2D eigenvalue weighted by Gasteiger charge is 2.67. The Labute approximate surface area is 154 Å². The molecular weight excluding hydrogens is 331 g/mol. The van der Waals surface area contributed by atoms with Gasteiger partial charge in [-0.15, -0.1) is 0 Å². The Bertz CT molecular complexity index is 761. The number of ether oxygens (including phenoxy) is 1. The van der Waals surface area contributed by atoms with Gasteiger partial charge in [-0.3, -0.25) is 9.78 Å². The fourth-order valence-electron chi connectivity index (χ4n) is 3.77. The Hall–Kier alpha value is -2.27. The van der Waals surface area contributed by atoms with E-state index >= 15 is 0 Å². The first-order valence-corrected chi connectivity index (χ1v) is 8.84. The highest BCUT2D eigenvalue weighted by Crippen LogP contribution is 2.65. The number of carbonyl (C=O) groups excluding carboxylic acids is 1. The number of hydrogen-bond acceptors (Lipinski definition) is 3. The standard InChI is InChI=1S/C21H25FN2O2/c1-20(2)15-21(20,17-4-6-18(22)7-5-17)19(25)24(12-13-26-3)14-16-8-10-23-11-9-16/h4-11H,12-15H2,1-3H3/t21-/m0/s1. The van der Waals surface area contributed by atoms with Crippen molar-refractivity contribution in [2.24, 2.45) is 5.41 Å². The largest absolute Gasteiger partial charge is 0.383 e. The fourth-order valence-corrected chi connectivity index (χ4v) is 3.77. The third-order valence-corrected chi connectivity index (χ3v) is 5.41. The Morgan fingerprint density at radius 2 is 1.81 bits per heavy atom. The van der Waals surface area contributed by atoms with Crippen LogP contribution in [0.4, 0.5) is 4.39 Å². The summed E-state index contributed by atoms with van der Waals surface area (Å²) in [6.07, 6.45) is 4.21. The lowest BCUT2D eigenvalue weighted by molar-refractivity contribution is -0.136. The van der Waals surface area contributed by atoms with Gasteiger partial charge in [-0.2, -0.15) is 0 Å². The van der Waals surface area contributed by atoms with Crippen molar-refractivity contribution in [3.8, 4) is 0 Å². The molecule has 1 atom stereocenters. The van der Waals surface area contributed by atoms with E-state index in [1.807, 2.05) is 17.0 Å². The van der Waals surface area contributed by atoms with Crippen LogP contribution < -0.4 is 0 Å². The molecule has 1 amide bonds. The summed E-state index contributed by atoms with van der Waals surface area (Å²) in [5.41, 5.74) is 1.13. The van der Waals surface area contributed by atoms with Crippen LogP contribution in [0.2, 0.25) is 0 Å². The van der Waals surface area contributed by atoms with Crippen LogP contribution in [0.3, 0.4) is 0 Å². The second-order valence-corrected chi connectivity index (χ2v) is 7.55. The molecule has 0 bridgehead atoms. The molecule has 0 unspecified atom stereocenters. The Morgan fingerprint density at radius 1 is 1.19 bits per heavy atom. The minimum atomic E-state index is -0.610. The monoisotopic (exact) mass is 356 g/mol. The van der Waals surface area contributed by atoms with Gasteiger partial charge in [0.05, 0.1) is 12.0 Å². The topological polar surface area (TPSA) is 42.4 Å². The lowest BCUT2D eigenvalue weighted by atomic mass is 9.86. The second-order valence-electron chi connectivity index (χ2n) is 7.55. The SMILES string of the molecule is COCCN(Cc1ccncc1)C(=O)[C@@]1(c2ccc(F)cc2)CC1(C)C. The molecule has 0 aliphatic heterocycles. The summed E-state index contributed by atoms with van der Waals surface area (Å²) in [6, 6.07) is 10.2. The molecule has 3 rings (SSSR count). The second kappa shape index (κ2) is 7.16. The van der Waals surface area contributed by atoms with E-state index in [0.717, 1.165) is 17.5 Å². The zero-order valence-corrected chi connectivity index (χ0v) is 15.5. The highest BCUT2D eigenvalue weighted by atomic mass is 19.1. The lowest BCUT2D eigenvalue weighted by Crippen LogP contribution is -2.42. The summed E-state index contributed by atoms with van der Waals surface area (Å²) in [5, 5.41) is 0. The van der Waals surface area contributed by atoms with Crippen molar-refractivity contribution in [1.29, 1.82) is 0 Å². The van der Waals surface area contributed by atoms with E-state index in [4.69, 9.17) is 4.74 Å². The summed E-state index contributed by atoms with van der Waals surface area (Å²) in [6.45, 7) is 5.67. The molecular formula is C21H25FN2O2. The molecule has 0 spiro atoms. The Balaban J connectivity index is 1.91. The van der Waals surface area contributed by atoms with Gasteiger partial charge in [0.2, 0.25) is 5.91 Å². The number of halogens is 1. The first kappa shape index (κ1) is 18.5. The number of hydrogen-bond donors (Lipinski definition) is 0. The van der Waals surface area contributed by atoms with E-state index < -0.39 is 5.41 Å². The van der Waals surface area contributed by atoms with Gasteiger partial charge < -0.3 is 9.64 Å². The van der Waals surface area contributed by atoms with Crippen LogP contribution in [-0.2, 0) is 21.5 Å². The molecule has 1 aliphatic rings. The van der Waals surface area contributed by atoms with Gasteiger partial charge >= 0.3 is 0 Å². The Kier molecular flexibility index (Phi) is 5.10. The van der Waals surface area contributed by atoms with Gasteiger partial charge in [0, 0.05) is 32.6 Å². The molecule has 2 aromatic rings. The number of benzene rings is 1. The van der Waals surface area contributed by atoms with E-state index in [1.165, 1.54) is 12.1 Å². The molecule has 0 radical (unpaired) electrons. The zero-order valence-electron chi connectivity index (χ0n) is 15.5. The summed E-state index contributed by atoms with van der Waals surface area (Å²) in [4.78, 5) is 19.5. The molecule has 5 heteroatoms. The average Bonchev–Trinajstić information content (AvgIpc) is 3.23. The van der Waals surface area contributed by atoms with Crippen molar-refractivity contribution in [2.45, 2.75) is 32.2 Å². The van der Waals surface area contributed by atoms with Crippen molar-refractivity contribution in [3.05, 3.63) is 65.7 Å². The average molecular weight is 356 g/mol. The maximum absolute atomic E-state index is 13.6. The van der Waals surface area contributed by atoms with E-state index in [0.29, 0.717) is 19.7 Å². The third-order valence-electron chi connectivity index (χ3n) is 5.41. The van der Waals surface area contributed by atoms with Gasteiger partial charge in [0.25, 0.3) is 0 Å².